The molecule has 0 radical (unpaired) electrons. The van der Waals surface area contributed by atoms with E-state index in [0.29, 0.717) is 6.04 Å². The standard InChI is InChI=1S/C16H22N4/c1-12(2)20-15(18-11-19-20)8-16(9-17-10-16)14-6-4-13(3)5-7-14/h4-7,11-12,17H,8-10H2,1-3H3. The van der Waals surface area contributed by atoms with E-state index in [1.807, 2.05) is 4.68 Å². The number of hydrogen-bond acceptors (Lipinski definition) is 3. The van der Waals surface area contributed by atoms with E-state index in [4.69, 9.17) is 0 Å². The van der Waals surface area contributed by atoms with Crippen LogP contribution in [-0.2, 0) is 11.8 Å². The van der Waals surface area contributed by atoms with Gasteiger partial charge in [-0.3, -0.25) is 0 Å². The summed E-state index contributed by atoms with van der Waals surface area (Å²) in [4.78, 5) is 4.47. The number of benzene rings is 1. The lowest BCUT2D eigenvalue weighted by molar-refractivity contribution is 0.264. The third-order valence-electron chi connectivity index (χ3n) is 4.22. The van der Waals surface area contributed by atoms with E-state index in [9.17, 15) is 0 Å². The largest absolute Gasteiger partial charge is 0.315 e. The Balaban J connectivity index is 1.90. The van der Waals surface area contributed by atoms with Crippen LogP contribution in [0.2, 0.25) is 0 Å². The minimum Gasteiger partial charge on any atom is -0.315 e. The van der Waals surface area contributed by atoms with Crippen LogP contribution in [0.4, 0.5) is 0 Å². The van der Waals surface area contributed by atoms with Gasteiger partial charge in [0, 0.05) is 31.0 Å². The summed E-state index contributed by atoms with van der Waals surface area (Å²) in [7, 11) is 0. The number of aromatic nitrogens is 3. The fraction of sp³-hybridized carbons (Fsp3) is 0.500. The Morgan fingerprint density at radius 1 is 1.25 bits per heavy atom. The molecule has 1 fully saturated rings. The van der Waals surface area contributed by atoms with Crippen LogP contribution in [0.5, 0.6) is 0 Å². The molecule has 0 spiro atoms. The number of rotatable bonds is 4. The molecule has 1 N–H and O–H groups in total. The van der Waals surface area contributed by atoms with Gasteiger partial charge in [-0.05, 0) is 26.3 Å². The molecule has 0 saturated carbocycles. The predicted octanol–water partition coefficient (Wildman–Crippen LogP) is 2.25. The lowest BCUT2D eigenvalue weighted by atomic mass is 9.72. The lowest BCUT2D eigenvalue weighted by Crippen LogP contribution is -2.58. The van der Waals surface area contributed by atoms with Crippen LogP contribution in [0, 0.1) is 6.92 Å². The molecule has 20 heavy (non-hydrogen) atoms. The van der Waals surface area contributed by atoms with Gasteiger partial charge in [0.15, 0.2) is 0 Å². The van der Waals surface area contributed by atoms with Gasteiger partial charge in [0.1, 0.15) is 12.2 Å². The molecule has 3 rings (SSSR count). The topological polar surface area (TPSA) is 42.7 Å². The highest BCUT2D eigenvalue weighted by atomic mass is 15.3. The van der Waals surface area contributed by atoms with E-state index >= 15 is 0 Å². The monoisotopic (exact) mass is 270 g/mol. The Kier molecular flexibility index (Phi) is 3.34. The van der Waals surface area contributed by atoms with Crippen LogP contribution in [0.1, 0.15) is 36.8 Å². The molecule has 4 nitrogen and oxygen atoms in total. The van der Waals surface area contributed by atoms with Crippen molar-refractivity contribution >= 4 is 0 Å². The fourth-order valence-electron chi connectivity index (χ4n) is 2.90. The van der Waals surface area contributed by atoms with E-state index in [0.717, 1.165) is 25.3 Å². The van der Waals surface area contributed by atoms with Crippen LogP contribution in [-0.4, -0.2) is 27.9 Å². The Labute approximate surface area is 120 Å². The highest BCUT2D eigenvalue weighted by Gasteiger charge is 2.40. The third-order valence-corrected chi connectivity index (χ3v) is 4.22. The molecule has 0 aliphatic carbocycles. The second kappa shape index (κ2) is 5.02. The quantitative estimate of drug-likeness (QED) is 0.926. The summed E-state index contributed by atoms with van der Waals surface area (Å²) in [5, 5.41) is 7.77. The van der Waals surface area contributed by atoms with Crippen molar-refractivity contribution in [3.63, 3.8) is 0 Å². The van der Waals surface area contributed by atoms with Gasteiger partial charge in [0.2, 0.25) is 0 Å². The average molecular weight is 270 g/mol. The van der Waals surface area contributed by atoms with Crippen molar-refractivity contribution in [1.82, 2.24) is 20.1 Å². The number of hydrogen-bond donors (Lipinski definition) is 1. The lowest BCUT2D eigenvalue weighted by Gasteiger charge is -2.43. The molecule has 0 bridgehead atoms. The normalized spacial score (nSPS) is 17.2. The maximum atomic E-state index is 4.47. The molecule has 2 aromatic rings. The molecule has 0 atom stereocenters. The number of nitrogens with zero attached hydrogens (tertiary/aromatic N) is 3. The second-order valence-corrected chi connectivity index (χ2v) is 6.14. The summed E-state index contributed by atoms with van der Waals surface area (Å²) in [5.41, 5.74) is 2.88. The fourth-order valence-corrected chi connectivity index (χ4v) is 2.90. The van der Waals surface area contributed by atoms with E-state index < -0.39 is 0 Å². The Morgan fingerprint density at radius 2 is 1.95 bits per heavy atom. The van der Waals surface area contributed by atoms with E-state index in [2.05, 4.69) is 60.4 Å². The van der Waals surface area contributed by atoms with Gasteiger partial charge in [-0.25, -0.2) is 9.67 Å². The van der Waals surface area contributed by atoms with Crippen molar-refractivity contribution in [3.8, 4) is 0 Å². The Bertz CT molecular complexity index is 579. The smallest absolute Gasteiger partial charge is 0.138 e. The van der Waals surface area contributed by atoms with E-state index in [-0.39, 0.29) is 5.41 Å². The molecule has 106 valence electrons. The molecule has 1 aromatic carbocycles. The van der Waals surface area contributed by atoms with Crippen molar-refractivity contribution in [2.45, 2.75) is 38.6 Å². The second-order valence-electron chi connectivity index (χ2n) is 6.14. The van der Waals surface area contributed by atoms with Gasteiger partial charge in [-0.2, -0.15) is 5.10 Å². The van der Waals surface area contributed by atoms with E-state index in [1.165, 1.54) is 11.1 Å². The first-order valence-electron chi connectivity index (χ1n) is 7.27. The van der Waals surface area contributed by atoms with Crippen LogP contribution >= 0.6 is 0 Å². The molecule has 0 unspecified atom stereocenters. The van der Waals surface area contributed by atoms with Gasteiger partial charge >= 0.3 is 0 Å². The Morgan fingerprint density at radius 3 is 2.50 bits per heavy atom. The van der Waals surface area contributed by atoms with Crippen LogP contribution < -0.4 is 5.32 Å². The summed E-state index contributed by atoms with van der Waals surface area (Å²) < 4.78 is 2.04. The minimum atomic E-state index is 0.174. The van der Waals surface area contributed by atoms with Crippen LogP contribution in [0.25, 0.3) is 0 Å². The first-order valence-corrected chi connectivity index (χ1v) is 7.27. The number of nitrogens with one attached hydrogen (secondary N) is 1. The van der Waals surface area contributed by atoms with Gasteiger partial charge in [-0.1, -0.05) is 29.8 Å². The third kappa shape index (κ3) is 2.24. The summed E-state index contributed by atoms with van der Waals surface area (Å²) in [6, 6.07) is 9.26. The van der Waals surface area contributed by atoms with Crippen molar-refractivity contribution < 1.29 is 0 Å². The van der Waals surface area contributed by atoms with Crippen molar-refractivity contribution in [2.75, 3.05) is 13.1 Å². The predicted molar refractivity (Wildman–Crippen MR) is 79.8 cm³/mol. The molecule has 4 heteroatoms. The summed E-state index contributed by atoms with van der Waals surface area (Å²) in [5.74, 6) is 1.09. The van der Waals surface area contributed by atoms with Gasteiger partial charge in [0.05, 0.1) is 0 Å². The highest BCUT2D eigenvalue weighted by molar-refractivity contribution is 5.33. The molecule has 1 aliphatic rings. The molecule has 1 aliphatic heterocycles. The molecule has 1 aromatic heterocycles. The summed E-state index contributed by atoms with van der Waals surface area (Å²) in [6.07, 6.45) is 2.62. The zero-order chi connectivity index (χ0) is 14.2. The highest BCUT2D eigenvalue weighted by Crippen LogP contribution is 2.32. The van der Waals surface area contributed by atoms with Crippen molar-refractivity contribution in [3.05, 3.63) is 47.5 Å². The van der Waals surface area contributed by atoms with Crippen molar-refractivity contribution in [1.29, 1.82) is 0 Å². The number of aryl methyl sites for hydroxylation is 1. The first kappa shape index (κ1) is 13.3. The van der Waals surface area contributed by atoms with Crippen LogP contribution in [0.15, 0.2) is 30.6 Å². The van der Waals surface area contributed by atoms with Crippen LogP contribution in [0.3, 0.4) is 0 Å². The maximum absolute atomic E-state index is 4.47. The van der Waals surface area contributed by atoms with E-state index in [1.54, 1.807) is 6.33 Å². The zero-order valence-corrected chi connectivity index (χ0v) is 12.4. The maximum Gasteiger partial charge on any atom is 0.138 e. The average Bonchev–Trinajstić information content (AvgIpc) is 2.83. The Hall–Kier alpha value is -1.68. The molecule has 1 saturated heterocycles. The first-order chi connectivity index (χ1) is 9.61. The summed E-state index contributed by atoms with van der Waals surface area (Å²) >= 11 is 0. The minimum absolute atomic E-state index is 0.174. The zero-order valence-electron chi connectivity index (χ0n) is 12.4. The van der Waals surface area contributed by atoms with Gasteiger partial charge < -0.3 is 5.32 Å². The molecular weight excluding hydrogens is 248 g/mol. The molecule has 2 heterocycles. The van der Waals surface area contributed by atoms with Gasteiger partial charge in [-0.15, -0.1) is 0 Å². The summed E-state index contributed by atoms with van der Waals surface area (Å²) in [6.45, 7) is 8.46. The molecular formula is C16H22N4. The van der Waals surface area contributed by atoms with Gasteiger partial charge in [0.25, 0.3) is 0 Å². The molecule has 0 amide bonds. The van der Waals surface area contributed by atoms with Crippen molar-refractivity contribution in [2.24, 2.45) is 0 Å². The SMILES string of the molecule is Cc1ccc(C2(Cc3ncnn3C(C)C)CNC2)cc1.